The average molecular weight is 278 g/mol. The first-order valence-electron chi connectivity index (χ1n) is 7.47. The van der Waals surface area contributed by atoms with Crippen LogP contribution in [0.5, 0.6) is 0 Å². The molecule has 0 saturated carbocycles. The molecular weight excluding hydrogens is 244 g/mol. The van der Waals surface area contributed by atoms with Crippen molar-refractivity contribution in [3.63, 3.8) is 0 Å². The SMILES string of the molecule is CCCCN(CCO)CCO.CCN(CC)CCO. The highest BCUT2D eigenvalue weighted by Crippen LogP contribution is 1.93. The van der Waals surface area contributed by atoms with Crippen molar-refractivity contribution in [2.75, 3.05) is 59.1 Å². The molecule has 0 saturated heterocycles. The minimum absolute atomic E-state index is 0.184. The van der Waals surface area contributed by atoms with Gasteiger partial charge in [0.15, 0.2) is 0 Å². The van der Waals surface area contributed by atoms with Gasteiger partial charge < -0.3 is 20.2 Å². The van der Waals surface area contributed by atoms with Gasteiger partial charge in [-0.05, 0) is 26.1 Å². The Morgan fingerprint density at radius 1 is 0.632 bits per heavy atom. The largest absolute Gasteiger partial charge is 0.395 e. The monoisotopic (exact) mass is 278 g/mol. The van der Waals surface area contributed by atoms with Crippen molar-refractivity contribution < 1.29 is 15.3 Å². The second-order valence-electron chi connectivity index (χ2n) is 4.39. The molecule has 0 aromatic rings. The molecule has 0 fully saturated rings. The Kier molecular flexibility index (Phi) is 19.8. The van der Waals surface area contributed by atoms with Crippen LogP contribution in [0.25, 0.3) is 0 Å². The quantitative estimate of drug-likeness (QED) is 0.510. The number of rotatable bonds is 11. The molecular formula is C14H34N2O3. The molecule has 0 unspecified atom stereocenters. The third-order valence-electron chi connectivity index (χ3n) is 2.97. The predicted octanol–water partition coefficient (Wildman–Crippen LogP) is 0.394. The molecule has 19 heavy (non-hydrogen) atoms. The van der Waals surface area contributed by atoms with Crippen molar-refractivity contribution in [3.05, 3.63) is 0 Å². The normalized spacial score (nSPS) is 10.7. The van der Waals surface area contributed by atoms with E-state index in [1.54, 1.807) is 0 Å². The van der Waals surface area contributed by atoms with Gasteiger partial charge in [-0.3, -0.25) is 4.90 Å². The van der Waals surface area contributed by atoms with E-state index >= 15 is 0 Å². The van der Waals surface area contributed by atoms with Gasteiger partial charge in [0.1, 0.15) is 0 Å². The maximum atomic E-state index is 8.64. The topological polar surface area (TPSA) is 67.2 Å². The zero-order valence-corrected chi connectivity index (χ0v) is 13.0. The van der Waals surface area contributed by atoms with E-state index in [9.17, 15) is 0 Å². The van der Waals surface area contributed by atoms with Crippen molar-refractivity contribution in [2.45, 2.75) is 33.6 Å². The van der Waals surface area contributed by atoms with Gasteiger partial charge in [0.05, 0.1) is 19.8 Å². The maximum Gasteiger partial charge on any atom is 0.0558 e. The van der Waals surface area contributed by atoms with Crippen molar-refractivity contribution in [1.82, 2.24) is 9.80 Å². The Hall–Kier alpha value is -0.200. The van der Waals surface area contributed by atoms with Crippen LogP contribution in [0.4, 0.5) is 0 Å². The van der Waals surface area contributed by atoms with Crippen LogP contribution in [0.1, 0.15) is 33.6 Å². The minimum atomic E-state index is 0.184. The van der Waals surface area contributed by atoms with Gasteiger partial charge in [0, 0.05) is 19.6 Å². The van der Waals surface area contributed by atoms with Gasteiger partial charge in [-0.1, -0.05) is 27.2 Å². The van der Waals surface area contributed by atoms with Crippen LogP contribution >= 0.6 is 0 Å². The van der Waals surface area contributed by atoms with E-state index in [1.807, 2.05) is 0 Å². The molecule has 0 radical (unpaired) electrons. The zero-order valence-electron chi connectivity index (χ0n) is 13.0. The number of aliphatic hydroxyl groups excluding tert-OH is 3. The molecule has 0 bridgehead atoms. The van der Waals surface area contributed by atoms with Gasteiger partial charge in [0.2, 0.25) is 0 Å². The lowest BCUT2D eigenvalue weighted by molar-refractivity contribution is 0.159. The number of nitrogens with zero attached hydrogens (tertiary/aromatic N) is 2. The van der Waals surface area contributed by atoms with Gasteiger partial charge in [-0.2, -0.15) is 0 Å². The molecule has 5 nitrogen and oxygen atoms in total. The number of hydrogen-bond donors (Lipinski definition) is 3. The summed E-state index contributed by atoms with van der Waals surface area (Å²) in [6.45, 7) is 12.2. The van der Waals surface area contributed by atoms with Crippen molar-refractivity contribution in [1.29, 1.82) is 0 Å². The average Bonchev–Trinajstić information content (AvgIpc) is 2.43. The summed E-state index contributed by atoms with van der Waals surface area (Å²) in [7, 11) is 0. The Morgan fingerprint density at radius 3 is 1.32 bits per heavy atom. The highest BCUT2D eigenvalue weighted by molar-refractivity contribution is 4.55. The molecule has 0 aliphatic carbocycles. The molecule has 0 rings (SSSR count). The summed E-state index contributed by atoms with van der Waals surface area (Å²) in [5.41, 5.74) is 0. The molecule has 3 N–H and O–H groups in total. The fourth-order valence-electron chi connectivity index (χ4n) is 1.68. The lowest BCUT2D eigenvalue weighted by Gasteiger charge is -2.19. The van der Waals surface area contributed by atoms with E-state index in [0.29, 0.717) is 13.1 Å². The molecule has 0 aliphatic heterocycles. The highest BCUT2D eigenvalue weighted by atomic mass is 16.3. The van der Waals surface area contributed by atoms with Crippen molar-refractivity contribution >= 4 is 0 Å². The lowest BCUT2D eigenvalue weighted by atomic mass is 10.3. The summed E-state index contributed by atoms with van der Waals surface area (Å²) < 4.78 is 0. The third-order valence-corrected chi connectivity index (χ3v) is 2.97. The highest BCUT2D eigenvalue weighted by Gasteiger charge is 2.00. The number of unbranched alkanes of at least 4 members (excludes halogenated alkanes) is 1. The van der Waals surface area contributed by atoms with E-state index in [2.05, 4.69) is 30.6 Å². The first kappa shape index (κ1) is 21.1. The zero-order chi connectivity index (χ0) is 14.9. The predicted molar refractivity (Wildman–Crippen MR) is 80.4 cm³/mol. The lowest BCUT2D eigenvalue weighted by Crippen LogP contribution is -2.30. The summed E-state index contributed by atoms with van der Waals surface area (Å²) in [4.78, 5) is 4.25. The van der Waals surface area contributed by atoms with Gasteiger partial charge in [-0.25, -0.2) is 0 Å². The first-order valence-corrected chi connectivity index (χ1v) is 7.47. The fourth-order valence-corrected chi connectivity index (χ4v) is 1.68. The van der Waals surface area contributed by atoms with Crippen LogP contribution in [0.15, 0.2) is 0 Å². The smallest absolute Gasteiger partial charge is 0.0558 e. The third kappa shape index (κ3) is 15.7. The van der Waals surface area contributed by atoms with E-state index in [-0.39, 0.29) is 19.8 Å². The standard InChI is InChI=1S/C8H19NO2.C6H15NO/c1-2-3-4-9(5-7-10)6-8-11;1-3-7(4-2)5-6-8/h10-11H,2-8H2,1H3;8H,3-6H2,1-2H3. The van der Waals surface area contributed by atoms with Crippen LogP contribution in [0.2, 0.25) is 0 Å². The summed E-state index contributed by atoms with van der Waals surface area (Å²) >= 11 is 0. The molecule has 0 aromatic carbocycles. The summed E-state index contributed by atoms with van der Waals surface area (Å²) in [5, 5.41) is 25.7. The number of likely N-dealkylation sites (N-methyl/N-ethyl adjacent to an activating group) is 1. The molecule has 0 atom stereocenters. The van der Waals surface area contributed by atoms with E-state index in [0.717, 1.165) is 39.0 Å². The van der Waals surface area contributed by atoms with Gasteiger partial charge in [-0.15, -0.1) is 0 Å². The first-order chi connectivity index (χ1) is 9.19. The van der Waals surface area contributed by atoms with Gasteiger partial charge in [0.25, 0.3) is 0 Å². The molecule has 118 valence electrons. The second-order valence-corrected chi connectivity index (χ2v) is 4.39. The van der Waals surface area contributed by atoms with E-state index < -0.39 is 0 Å². The van der Waals surface area contributed by atoms with Crippen molar-refractivity contribution in [2.24, 2.45) is 0 Å². The molecule has 0 spiro atoms. The molecule has 0 aromatic heterocycles. The maximum absolute atomic E-state index is 8.64. The van der Waals surface area contributed by atoms with Crippen LogP contribution in [-0.4, -0.2) is 84.2 Å². The Bertz CT molecular complexity index is 150. The van der Waals surface area contributed by atoms with Crippen LogP contribution < -0.4 is 0 Å². The Balaban J connectivity index is 0. The summed E-state index contributed by atoms with van der Waals surface area (Å²) in [5.74, 6) is 0. The van der Waals surface area contributed by atoms with Gasteiger partial charge >= 0.3 is 0 Å². The van der Waals surface area contributed by atoms with E-state index in [4.69, 9.17) is 15.3 Å². The number of aliphatic hydroxyl groups is 3. The second kappa shape index (κ2) is 17.8. The van der Waals surface area contributed by atoms with E-state index in [1.165, 1.54) is 0 Å². The van der Waals surface area contributed by atoms with Crippen LogP contribution in [-0.2, 0) is 0 Å². The number of hydrogen-bond acceptors (Lipinski definition) is 5. The van der Waals surface area contributed by atoms with Crippen LogP contribution in [0.3, 0.4) is 0 Å². The Labute approximate surface area is 118 Å². The summed E-state index contributed by atoms with van der Waals surface area (Å²) in [6.07, 6.45) is 2.30. The van der Waals surface area contributed by atoms with Crippen molar-refractivity contribution in [3.8, 4) is 0 Å². The molecule has 0 amide bonds. The summed E-state index contributed by atoms with van der Waals surface area (Å²) in [6, 6.07) is 0. The van der Waals surface area contributed by atoms with Crippen LogP contribution in [0, 0.1) is 0 Å². The molecule has 0 aliphatic rings. The minimum Gasteiger partial charge on any atom is -0.395 e. The Morgan fingerprint density at radius 2 is 1.05 bits per heavy atom. The molecule has 5 heteroatoms. The fraction of sp³-hybridized carbons (Fsp3) is 1.00. The molecule has 0 heterocycles.